The molecular formula is C20H32N4O4S. The lowest BCUT2D eigenvalue weighted by atomic mass is 9.94. The van der Waals surface area contributed by atoms with E-state index in [0.717, 1.165) is 6.42 Å². The number of carbonyl (C=O) groups is 2. The van der Waals surface area contributed by atoms with Crippen molar-refractivity contribution in [3.05, 3.63) is 24.3 Å². The molecule has 9 heteroatoms. The molecule has 8 nitrogen and oxygen atoms in total. The van der Waals surface area contributed by atoms with Gasteiger partial charge in [0.15, 0.2) is 0 Å². The van der Waals surface area contributed by atoms with Crippen molar-refractivity contribution in [1.29, 1.82) is 0 Å². The van der Waals surface area contributed by atoms with Crippen LogP contribution in [-0.2, 0) is 19.6 Å². The molecule has 1 aliphatic heterocycles. The highest BCUT2D eigenvalue weighted by Gasteiger charge is 2.31. The first kappa shape index (κ1) is 23.3. The number of piperidine rings is 1. The van der Waals surface area contributed by atoms with Gasteiger partial charge in [-0.2, -0.15) is 4.31 Å². The number of nitrogens with zero attached hydrogens (tertiary/aromatic N) is 3. The quantitative estimate of drug-likeness (QED) is 0.713. The summed E-state index contributed by atoms with van der Waals surface area (Å²) in [4.78, 5) is 27.2. The third kappa shape index (κ3) is 6.52. The summed E-state index contributed by atoms with van der Waals surface area (Å²) < 4.78 is 27.4. The van der Waals surface area contributed by atoms with E-state index in [2.05, 4.69) is 19.2 Å². The van der Waals surface area contributed by atoms with Crippen LogP contribution in [0.4, 0.5) is 5.69 Å². The minimum absolute atomic E-state index is 0.0587. The van der Waals surface area contributed by atoms with E-state index in [1.54, 1.807) is 42.5 Å². The third-order valence-electron chi connectivity index (χ3n) is 4.93. The number of hydrogen-bond donors (Lipinski definition) is 1. The zero-order chi connectivity index (χ0) is 21.8. The molecule has 162 valence electrons. The second-order valence-corrected chi connectivity index (χ2v) is 10.2. The number of sulfonamides is 1. The fraction of sp³-hybridized carbons (Fsp3) is 0.600. The molecular weight excluding hydrogens is 392 g/mol. The second-order valence-electron chi connectivity index (χ2n) is 8.30. The molecule has 2 rings (SSSR count). The van der Waals surface area contributed by atoms with Gasteiger partial charge in [0.2, 0.25) is 21.8 Å². The van der Waals surface area contributed by atoms with Gasteiger partial charge in [0.1, 0.15) is 0 Å². The van der Waals surface area contributed by atoms with E-state index in [-0.39, 0.29) is 29.8 Å². The molecule has 1 aliphatic rings. The van der Waals surface area contributed by atoms with Crippen LogP contribution in [0.5, 0.6) is 0 Å². The minimum Gasteiger partial charge on any atom is -0.348 e. The van der Waals surface area contributed by atoms with Crippen molar-refractivity contribution in [3.8, 4) is 0 Å². The topological polar surface area (TPSA) is 90.0 Å². The van der Waals surface area contributed by atoms with Crippen LogP contribution in [0, 0.1) is 11.8 Å². The lowest BCUT2D eigenvalue weighted by Crippen LogP contribution is -2.42. The van der Waals surface area contributed by atoms with E-state index in [1.807, 2.05) is 0 Å². The highest BCUT2D eigenvalue weighted by atomic mass is 32.2. The van der Waals surface area contributed by atoms with Crippen LogP contribution < -0.4 is 5.32 Å². The Balaban J connectivity index is 1.97. The second kappa shape index (κ2) is 9.69. The Bertz CT molecular complexity index is 813. The monoisotopic (exact) mass is 424 g/mol. The van der Waals surface area contributed by atoms with Gasteiger partial charge in [0.25, 0.3) is 0 Å². The van der Waals surface area contributed by atoms with Gasteiger partial charge in [-0.05, 0) is 49.6 Å². The molecule has 0 bridgehead atoms. The summed E-state index contributed by atoms with van der Waals surface area (Å²) in [6, 6.07) is 6.22. The van der Waals surface area contributed by atoms with Crippen molar-refractivity contribution < 1.29 is 18.0 Å². The van der Waals surface area contributed by atoms with Crippen molar-refractivity contribution in [1.82, 2.24) is 14.1 Å². The number of amides is 2. The standard InChI is InChI=1S/C20H32N4O4S/c1-15-10-16(2)12-24(11-15)29(27,28)18-8-6-17(7-9-18)21-19(25)13-23(5)14-20(26)22(3)4/h6-9,15-16H,10-14H2,1-5H3,(H,21,25)/t15-,16-/m1/s1. The molecule has 0 radical (unpaired) electrons. The zero-order valence-corrected chi connectivity index (χ0v) is 18.7. The van der Waals surface area contributed by atoms with E-state index in [1.165, 1.54) is 17.0 Å². The van der Waals surface area contributed by atoms with Crippen LogP contribution in [0.1, 0.15) is 20.3 Å². The summed E-state index contributed by atoms with van der Waals surface area (Å²) in [5.74, 6) is 0.316. The van der Waals surface area contributed by atoms with E-state index in [4.69, 9.17) is 0 Å². The number of anilines is 1. The molecule has 0 saturated carbocycles. The Morgan fingerprint density at radius 3 is 2.10 bits per heavy atom. The first-order valence-electron chi connectivity index (χ1n) is 9.77. The first-order chi connectivity index (χ1) is 13.5. The number of hydrogen-bond acceptors (Lipinski definition) is 5. The third-order valence-corrected chi connectivity index (χ3v) is 6.77. The molecule has 1 fully saturated rings. The van der Waals surface area contributed by atoms with Crippen LogP contribution in [0.2, 0.25) is 0 Å². The van der Waals surface area contributed by atoms with E-state index in [9.17, 15) is 18.0 Å². The van der Waals surface area contributed by atoms with Crippen LogP contribution in [0.15, 0.2) is 29.2 Å². The number of carbonyl (C=O) groups excluding carboxylic acids is 2. The van der Waals surface area contributed by atoms with Gasteiger partial charge in [-0.15, -0.1) is 0 Å². The summed E-state index contributed by atoms with van der Waals surface area (Å²) >= 11 is 0. The number of likely N-dealkylation sites (N-methyl/N-ethyl adjacent to an activating group) is 2. The smallest absolute Gasteiger partial charge is 0.243 e. The van der Waals surface area contributed by atoms with Gasteiger partial charge >= 0.3 is 0 Å². The van der Waals surface area contributed by atoms with Crippen LogP contribution in [0.25, 0.3) is 0 Å². The summed E-state index contributed by atoms with van der Waals surface area (Å²) in [7, 11) is 1.48. The van der Waals surface area contributed by atoms with E-state index < -0.39 is 10.0 Å². The number of nitrogens with one attached hydrogen (secondary N) is 1. The van der Waals surface area contributed by atoms with Gasteiger partial charge in [-0.25, -0.2) is 8.42 Å². The fourth-order valence-corrected chi connectivity index (χ4v) is 5.21. The van der Waals surface area contributed by atoms with Crippen LogP contribution in [0.3, 0.4) is 0 Å². The summed E-state index contributed by atoms with van der Waals surface area (Å²) in [5, 5.41) is 2.73. The SMILES string of the molecule is C[C@@H]1C[C@@H](C)CN(S(=O)(=O)c2ccc(NC(=O)CN(C)CC(=O)N(C)C)cc2)C1. The van der Waals surface area contributed by atoms with Gasteiger partial charge in [0.05, 0.1) is 18.0 Å². The molecule has 1 saturated heterocycles. The number of benzene rings is 1. The molecule has 0 aliphatic carbocycles. The van der Waals surface area contributed by atoms with Gasteiger partial charge in [-0.1, -0.05) is 13.8 Å². The van der Waals surface area contributed by atoms with Crippen molar-refractivity contribution in [2.45, 2.75) is 25.2 Å². The molecule has 0 spiro atoms. The van der Waals surface area contributed by atoms with E-state index in [0.29, 0.717) is 30.6 Å². The molecule has 0 aromatic heterocycles. The molecule has 1 heterocycles. The average molecular weight is 425 g/mol. The maximum absolute atomic E-state index is 12.9. The maximum Gasteiger partial charge on any atom is 0.243 e. The predicted molar refractivity (Wildman–Crippen MR) is 113 cm³/mol. The zero-order valence-electron chi connectivity index (χ0n) is 17.9. The lowest BCUT2D eigenvalue weighted by molar-refractivity contribution is -0.130. The predicted octanol–water partition coefficient (Wildman–Crippen LogP) is 1.31. The Morgan fingerprint density at radius 1 is 1.03 bits per heavy atom. The molecule has 2 atom stereocenters. The highest BCUT2D eigenvalue weighted by Crippen LogP contribution is 2.27. The van der Waals surface area contributed by atoms with Gasteiger partial charge in [-0.3, -0.25) is 14.5 Å². The van der Waals surface area contributed by atoms with Crippen molar-refractivity contribution >= 4 is 27.5 Å². The van der Waals surface area contributed by atoms with Crippen LogP contribution in [-0.4, -0.2) is 81.7 Å². The average Bonchev–Trinajstić information content (AvgIpc) is 2.60. The molecule has 29 heavy (non-hydrogen) atoms. The van der Waals surface area contributed by atoms with Crippen molar-refractivity contribution in [3.63, 3.8) is 0 Å². The molecule has 1 aromatic rings. The molecule has 1 N–H and O–H groups in total. The minimum atomic E-state index is -3.54. The van der Waals surface area contributed by atoms with Gasteiger partial charge < -0.3 is 10.2 Å². The Labute approximate surface area is 173 Å². The maximum atomic E-state index is 12.9. The summed E-state index contributed by atoms with van der Waals surface area (Å²) in [5.41, 5.74) is 0.515. The van der Waals surface area contributed by atoms with Gasteiger partial charge in [0, 0.05) is 32.9 Å². The molecule has 2 amide bonds. The Morgan fingerprint density at radius 2 is 1.59 bits per heavy atom. The Hall–Kier alpha value is -1.97. The van der Waals surface area contributed by atoms with Crippen molar-refractivity contribution in [2.75, 3.05) is 52.6 Å². The van der Waals surface area contributed by atoms with Crippen molar-refractivity contribution in [2.24, 2.45) is 11.8 Å². The summed E-state index contributed by atoms with van der Waals surface area (Å²) in [6.07, 6.45) is 1.03. The summed E-state index contributed by atoms with van der Waals surface area (Å²) in [6.45, 7) is 5.40. The van der Waals surface area contributed by atoms with E-state index >= 15 is 0 Å². The first-order valence-corrected chi connectivity index (χ1v) is 11.2. The Kier molecular flexibility index (Phi) is 7.79. The molecule has 0 unspecified atom stereocenters. The largest absolute Gasteiger partial charge is 0.348 e. The molecule has 1 aromatic carbocycles. The fourth-order valence-electron chi connectivity index (χ4n) is 3.54. The number of rotatable bonds is 7. The van der Waals surface area contributed by atoms with Crippen LogP contribution >= 0.6 is 0 Å². The normalized spacial score (nSPS) is 20.5. The lowest BCUT2D eigenvalue weighted by Gasteiger charge is -2.34. The highest BCUT2D eigenvalue weighted by molar-refractivity contribution is 7.89.